The molecule has 0 fully saturated rings. The van der Waals surface area contributed by atoms with Gasteiger partial charge in [0.05, 0.1) is 11.7 Å². The Kier molecular flexibility index (Phi) is 4.95. The minimum atomic E-state index is -0.954. The zero-order valence-corrected chi connectivity index (χ0v) is 16.0. The molecule has 0 bridgehead atoms. The van der Waals surface area contributed by atoms with Crippen LogP contribution in [-0.4, -0.2) is 17.6 Å². The van der Waals surface area contributed by atoms with Gasteiger partial charge in [0, 0.05) is 11.1 Å². The molecular formula is C17H22BrFN2O3. The lowest BCUT2D eigenvalue weighted by atomic mass is 9.94. The smallest absolute Gasteiger partial charge is 0.408 e. The molecule has 2 amide bonds. The third kappa shape index (κ3) is 3.55. The van der Waals surface area contributed by atoms with Crippen LogP contribution >= 0.6 is 15.9 Å². The van der Waals surface area contributed by atoms with Crippen LogP contribution in [0.2, 0.25) is 0 Å². The summed E-state index contributed by atoms with van der Waals surface area (Å²) in [4.78, 5) is 24.2. The average Bonchev–Trinajstić information content (AvgIpc) is 2.69. The molecule has 1 heterocycles. The summed E-state index contributed by atoms with van der Waals surface area (Å²) in [5.74, 6) is -0.702. The van der Waals surface area contributed by atoms with Crippen LogP contribution in [0.5, 0.6) is 0 Å². The van der Waals surface area contributed by atoms with Gasteiger partial charge in [-0.05, 0) is 46.2 Å². The summed E-state index contributed by atoms with van der Waals surface area (Å²) in [5.41, 5.74) is 0.945. The van der Waals surface area contributed by atoms with Gasteiger partial charge in [-0.25, -0.2) is 9.18 Å². The van der Waals surface area contributed by atoms with Gasteiger partial charge in [-0.1, -0.05) is 22.9 Å². The second-order valence-electron chi connectivity index (χ2n) is 6.89. The summed E-state index contributed by atoms with van der Waals surface area (Å²) in [6, 6.07) is 2.13. The Hall–Kier alpha value is -1.63. The van der Waals surface area contributed by atoms with E-state index in [1.54, 1.807) is 27.7 Å². The molecular weight excluding hydrogens is 379 g/mol. The number of ether oxygens (including phenoxy) is 1. The minimum absolute atomic E-state index is 0.240. The number of rotatable bonds is 3. The average molecular weight is 401 g/mol. The number of alkyl carbamates (subject to hydrolysis) is 1. The Morgan fingerprint density at radius 2 is 2.08 bits per heavy atom. The third-order valence-corrected chi connectivity index (χ3v) is 5.19. The first-order valence-electron chi connectivity index (χ1n) is 7.81. The van der Waals surface area contributed by atoms with Crippen molar-refractivity contribution in [2.75, 3.05) is 5.32 Å². The fourth-order valence-corrected chi connectivity index (χ4v) is 3.08. The lowest BCUT2D eigenvalue weighted by Gasteiger charge is -2.23. The zero-order valence-electron chi connectivity index (χ0n) is 14.4. The Balaban J connectivity index is 2.35. The van der Waals surface area contributed by atoms with Gasteiger partial charge < -0.3 is 15.4 Å². The Labute approximate surface area is 149 Å². The number of anilines is 1. The lowest BCUT2D eigenvalue weighted by molar-refractivity contribution is -0.117. The third-order valence-electron chi connectivity index (χ3n) is 3.85. The Morgan fingerprint density at radius 1 is 1.46 bits per heavy atom. The minimum Gasteiger partial charge on any atom is -0.444 e. The number of fused-ring (bicyclic) bond motifs is 1. The molecule has 0 radical (unpaired) electrons. The van der Waals surface area contributed by atoms with Crippen LogP contribution in [-0.2, 0) is 13.9 Å². The van der Waals surface area contributed by atoms with Gasteiger partial charge in [0.2, 0.25) is 5.91 Å². The van der Waals surface area contributed by atoms with Crippen molar-refractivity contribution in [1.29, 1.82) is 0 Å². The van der Waals surface area contributed by atoms with E-state index in [2.05, 4.69) is 26.6 Å². The summed E-state index contributed by atoms with van der Waals surface area (Å²) in [5, 5.41) is 5.47. The van der Waals surface area contributed by atoms with Crippen LogP contribution in [0.25, 0.3) is 0 Å². The number of amides is 2. The van der Waals surface area contributed by atoms with Gasteiger partial charge in [0.1, 0.15) is 15.7 Å². The number of hydrogen-bond acceptors (Lipinski definition) is 3. The summed E-state index contributed by atoms with van der Waals surface area (Å²) < 4.78 is 18.4. The fraction of sp³-hybridized carbons (Fsp3) is 0.529. The van der Waals surface area contributed by atoms with Gasteiger partial charge in [-0.15, -0.1) is 0 Å². The molecule has 0 saturated heterocycles. The van der Waals surface area contributed by atoms with E-state index in [1.165, 1.54) is 12.1 Å². The standard InChI is InChI=1S/C17H22BrFN2O3/c1-6-17(18)12-8-10(19)7-11(13(12)21-14(17)22)9(2)20-15(23)24-16(3,4)5/h7-9H,6H2,1-5H3,(H,20,23)(H,21,22). The van der Waals surface area contributed by atoms with Crippen LogP contribution in [0, 0.1) is 5.82 Å². The predicted molar refractivity (Wildman–Crippen MR) is 93.7 cm³/mol. The highest BCUT2D eigenvalue weighted by atomic mass is 79.9. The molecule has 1 aromatic carbocycles. The van der Waals surface area contributed by atoms with Crippen molar-refractivity contribution in [1.82, 2.24) is 5.32 Å². The van der Waals surface area contributed by atoms with Crippen LogP contribution < -0.4 is 10.6 Å². The molecule has 0 spiro atoms. The van der Waals surface area contributed by atoms with E-state index in [4.69, 9.17) is 4.74 Å². The zero-order chi connectivity index (χ0) is 18.3. The molecule has 1 aliphatic rings. The molecule has 1 aliphatic heterocycles. The maximum Gasteiger partial charge on any atom is 0.408 e. The Bertz CT molecular complexity index is 687. The van der Waals surface area contributed by atoms with Crippen molar-refractivity contribution in [2.24, 2.45) is 0 Å². The molecule has 0 aliphatic carbocycles. The van der Waals surface area contributed by atoms with Gasteiger partial charge in [0.15, 0.2) is 0 Å². The van der Waals surface area contributed by atoms with Crippen LogP contribution in [0.3, 0.4) is 0 Å². The molecule has 24 heavy (non-hydrogen) atoms. The maximum absolute atomic E-state index is 14.1. The molecule has 7 heteroatoms. The van der Waals surface area contributed by atoms with E-state index in [-0.39, 0.29) is 5.91 Å². The highest BCUT2D eigenvalue weighted by molar-refractivity contribution is 9.10. The SMILES string of the molecule is CCC1(Br)C(=O)Nc2c(C(C)NC(=O)OC(C)(C)C)cc(F)cc21. The summed E-state index contributed by atoms with van der Waals surface area (Å²) in [6.45, 7) is 8.84. The molecule has 2 rings (SSSR count). The summed E-state index contributed by atoms with van der Waals surface area (Å²) in [6.07, 6.45) is -0.124. The molecule has 2 N–H and O–H groups in total. The molecule has 1 aromatic rings. The van der Waals surface area contributed by atoms with Crippen molar-refractivity contribution in [3.63, 3.8) is 0 Å². The molecule has 0 saturated carbocycles. The quantitative estimate of drug-likeness (QED) is 0.740. The Morgan fingerprint density at radius 3 is 2.62 bits per heavy atom. The number of alkyl halides is 1. The van der Waals surface area contributed by atoms with Crippen molar-refractivity contribution >= 4 is 33.6 Å². The molecule has 2 atom stereocenters. The van der Waals surface area contributed by atoms with E-state index < -0.39 is 27.9 Å². The fourth-order valence-electron chi connectivity index (χ4n) is 2.67. The van der Waals surface area contributed by atoms with E-state index in [0.29, 0.717) is 23.2 Å². The first-order valence-corrected chi connectivity index (χ1v) is 8.61. The van der Waals surface area contributed by atoms with Crippen LogP contribution in [0.15, 0.2) is 12.1 Å². The first kappa shape index (κ1) is 18.7. The van der Waals surface area contributed by atoms with Gasteiger partial charge in [-0.3, -0.25) is 4.79 Å². The lowest BCUT2D eigenvalue weighted by Crippen LogP contribution is -2.34. The topological polar surface area (TPSA) is 67.4 Å². The number of benzene rings is 1. The largest absolute Gasteiger partial charge is 0.444 e. The summed E-state index contributed by atoms with van der Waals surface area (Å²) >= 11 is 3.43. The van der Waals surface area contributed by atoms with Crippen molar-refractivity contribution in [2.45, 2.75) is 57.0 Å². The van der Waals surface area contributed by atoms with Crippen LogP contribution in [0.1, 0.15) is 58.2 Å². The molecule has 5 nitrogen and oxygen atoms in total. The van der Waals surface area contributed by atoms with Crippen molar-refractivity contribution < 1.29 is 18.7 Å². The highest BCUT2D eigenvalue weighted by Gasteiger charge is 2.45. The first-order chi connectivity index (χ1) is 11.0. The highest BCUT2D eigenvalue weighted by Crippen LogP contribution is 2.47. The van der Waals surface area contributed by atoms with Gasteiger partial charge >= 0.3 is 6.09 Å². The van der Waals surface area contributed by atoms with E-state index in [9.17, 15) is 14.0 Å². The number of carbonyl (C=O) groups is 2. The molecule has 0 aromatic heterocycles. The van der Waals surface area contributed by atoms with Crippen molar-refractivity contribution in [3.05, 3.63) is 29.1 Å². The second-order valence-corrected chi connectivity index (χ2v) is 8.25. The second kappa shape index (κ2) is 6.35. The van der Waals surface area contributed by atoms with E-state index >= 15 is 0 Å². The van der Waals surface area contributed by atoms with Crippen LogP contribution in [0.4, 0.5) is 14.9 Å². The van der Waals surface area contributed by atoms with Gasteiger partial charge in [0.25, 0.3) is 0 Å². The normalized spacial score (nSPS) is 21.0. The number of hydrogen-bond donors (Lipinski definition) is 2. The molecule has 2 unspecified atom stereocenters. The number of halogens is 2. The van der Waals surface area contributed by atoms with Crippen molar-refractivity contribution in [3.8, 4) is 0 Å². The molecule has 132 valence electrons. The number of carbonyl (C=O) groups excluding carboxylic acids is 2. The monoisotopic (exact) mass is 400 g/mol. The van der Waals surface area contributed by atoms with E-state index in [0.717, 1.165) is 0 Å². The predicted octanol–water partition coefficient (Wildman–Crippen LogP) is 4.36. The van der Waals surface area contributed by atoms with E-state index in [1.807, 2.05) is 6.92 Å². The maximum atomic E-state index is 14.1. The summed E-state index contributed by atoms with van der Waals surface area (Å²) in [7, 11) is 0. The number of nitrogens with one attached hydrogen (secondary N) is 2. The van der Waals surface area contributed by atoms with Gasteiger partial charge in [-0.2, -0.15) is 0 Å².